The van der Waals surface area contributed by atoms with Gasteiger partial charge in [0.2, 0.25) is 0 Å². The predicted molar refractivity (Wildman–Crippen MR) is 94.3 cm³/mol. The minimum Gasteiger partial charge on any atom is -0.493 e. The van der Waals surface area contributed by atoms with Gasteiger partial charge in [0.1, 0.15) is 0 Å². The predicted octanol–water partition coefficient (Wildman–Crippen LogP) is 3.77. The number of rotatable bonds is 6. The third-order valence-electron chi connectivity index (χ3n) is 3.70. The summed E-state index contributed by atoms with van der Waals surface area (Å²) >= 11 is 0. The summed E-state index contributed by atoms with van der Waals surface area (Å²) in [5, 5.41) is 3.39. The van der Waals surface area contributed by atoms with Gasteiger partial charge in [-0.05, 0) is 41.5 Å². The van der Waals surface area contributed by atoms with Crippen LogP contribution in [-0.2, 0) is 6.54 Å². The second-order valence-corrected chi connectivity index (χ2v) is 5.24. The molecule has 0 spiro atoms. The molecule has 5 nitrogen and oxygen atoms in total. The molecular formula is C19H19N3O2. The van der Waals surface area contributed by atoms with E-state index in [-0.39, 0.29) is 0 Å². The third-order valence-corrected chi connectivity index (χ3v) is 3.70. The van der Waals surface area contributed by atoms with Crippen LogP contribution in [0.2, 0.25) is 0 Å². The Labute approximate surface area is 141 Å². The van der Waals surface area contributed by atoms with Crippen LogP contribution in [0.4, 0.5) is 5.69 Å². The van der Waals surface area contributed by atoms with Crippen LogP contribution in [-0.4, -0.2) is 24.2 Å². The molecular weight excluding hydrogens is 302 g/mol. The summed E-state index contributed by atoms with van der Waals surface area (Å²) in [6, 6.07) is 11.9. The zero-order valence-corrected chi connectivity index (χ0v) is 13.7. The molecule has 5 heteroatoms. The maximum absolute atomic E-state index is 5.33. The second-order valence-electron chi connectivity index (χ2n) is 5.24. The first-order chi connectivity index (χ1) is 11.8. The molecule has 24 heavy (non-hydrogen) atoms. The lowest BCUT2D eigenvalue weighted by Gasteiger charge is -2.11. The first kappa shape index (κ1) is 15.8. The van der Waals surface area contributed by atoms with Crippen molar-refractivity contribution in [2.24, 2.45) is 0 Å². The first-order valence-electron chi connectivity index (χ1n) is 7.60. The van der Waals surface area contributed by atoms with E-state index in [1.165, 1.54) is 0 Å². The molecule has 0 unspecified atom stereocenters. The second kappa shape index (κ2) is 7.46. The van der Waals surface area contributed by atoms with Crippen molar-refractivity contribution in [3.05, 3.63) is 66.7 Å². The monoisotopic (exact) mass is 321 g/mol. The highest BCUT2D eigenvalue weighted by atomic mass is 16.5. The number of hydrogen-bond acceptors (Lipinski definition) is 5. The lowest BCUT2D eigenvalue weighted by molar-refractivity contribution is 0.354. The number of methoxy groups -OCH3 is 2. The molecule has 0 amide bonds. The van der Waals surface area contributed by atoms with E-state index < -0.39 is 0 Å². The molecule has 2 heterocycles. The average Bonchev–Trinajstić information content (AvgIpc) is 2.67. The van der Waals surface area contributed by atoms with Crippen LogP contribution in [0, 0.1) is 0 Å². The Bertz CT molecular complexity index is 807. The van der Waals surface area contributed by atoms with E-state index in [9.17, 15) is 0 Å². The standard InChI is InChI=1S/C19H19N3O2/c1-23-18-4-3-14(9-19(18)24-2)11-22-17-10-16(12-21-13-17)15-5-7-20-8-6-15/h3-10,12-13,22H,11H2,1-2H3. The van der Waals surface area contributed by atoms with E-state index in [4.69, 9.17) is 9.47 Å². The molecule has 1 aromatic carbocycles. The Balaban J connectivity index is 1.73. The number of nitrogens with zero attached hydrogens (tertiary/aromatic N) is 2. The highest BCUT2D eigenvalue weighted by Gasteiger charge is 2.05. The Hall–Kier alpha value is -3.08. The summed E-state index contributed by atoms with van der Waals surface area (Å²) in [4.78, 5) is 8.35. The highest BCUT2D eigenvalue weighted by molar-refractivity contribution is 5.66. The maximum atomic E-state index is 5.33. The number of aromatic nitrogens is 2. The summed E-state index contributed by atoms with van der Waals surface area (Å²) in [5.41, 5.74) is 4.20. The van der Waals surface area contributed by atoms with Crippen LogP contribution in [0.3, 0.4) is 0 Å². The molecule has 0 radical (unpaired) electrons. The zero-order chi connectivity index (χ0) is 16.8. The van der Waals surface area contributed by atoms with Crippen molar-refractivity contribution in [1.29, 1.82) is 0 Å². The van der Waals surface area contributed by atoms with Gasteiger partial charge in [-0.25, -0.2) is 0 Å². The molecule has 0 aliphatic carbocycles. The number of anilines is 1. The van der Waals surface area contributed by atoms with Gasteiger partial charge in [-0.3, -0.25) is 9.97 Å². The third kappa shape index (κ3) is 3.63. The minimum absolute atomic E-state index is 0.668. The molecule has 1 N–H and O–H groups in total. The lowest BCUT2D eigenvalue weighted by Crippen LogP contribution is -2.01. The SMILES string of the molecule is COc1ccc(CNc2cncc(-c3ccncc3)c2)cc1OC. The molecule has 0 aliphatic heterocycles. The van der Waals surface area contributed by atoms with E-state index in [0.717, 1.165) is 33.9 Å². The first-order valence-corrected chi connectivity index (χ1v) is 7.60. The van der Waals surface area contributed by atoms with Crippen LogP contribution >= 0.6 is 0 Å². The van der Waals surface area contributed by atoms with Crippen molar-refractivity contribution >= 4 is 5.69 Å². The molecule has 122 valence electrons. The van der Waals surface area contributed by atoms with Gasteiger partial charge in [0.15, 0.2) is 11.5 Å². The Morgan fingerprint density at radius 3 is 2.38 bits per heavy atom. The fourth-order valence-corrected chi connectivity index (χ4v) is 2.43. The van der Waals surface area contributed by atoms with Crippen molar-refractivity contribution in [3.63, 3.8) is 0 Å². The van der Waals surface area contributed by atoms with Gasteiger partial charge in [-0.15, -0.1) is 0 Å². The highest BCUT2D eigenvalue weighted by Crippen LogP contribution is 2.28. The molecule has 0 bridgehead atoms. The molecule has 0 saturated heterocycles. The summed E-state index contributed by atoms with van der Waals surface area (Å²) in [6.07, 6.45) is 7.21. The van der Waals surface area contributed by atoms with Gasteiger partial charge in [-0.2, -0.15) is 0 Å². The minimum atomic E-state index is 0.668. The van der Waals surface area contributed by atoms with Crippen molar-refractivity contribution in [1.82, 2.24) is 9.97 Å². The Morgan fingerprint density at radius 2 is 1.62 bits per heavy atom. The van der Waals surface area contributed by atoms with Gasteiger partial charge in [0.05, 0.1) is 19.9 Å². The largest absolute Gasteiger partial charge is 0.493 e. The summed E-state index contributed by atoms with van der Waals surface area (Å²) in [7, 11) is 3.27. The molecule has 3 rings (SSSR count). The number of hydrogen-bond donors (Lipinski definition) is 1. The van der Waals surface area contributed by atoms with Crippen molar-refractivity contribution < 1.29 is 9.47 Å². The quantitative estimate of drug-likeness (QED) is 0.749. The smallest absolute Gasteiger partial charge is 0.161 e. The van der Waals surface area contributed by atoms with Gasteiger partial charge in [-0.1, -0.05) is 6.07 Å². The molecule has 0 saturated carbocycles. The Kier molecular flexibility index (Phi) is 4.91. The Morgan fingerprint density at radius 1 is 0.833 bits per heavy atom. The van der Waals surface area contributed by atoms with Crippen LogP contribution in [0.25, 0.3) is 11.1 Å². The van der Waals surface area contributed by atoms with E-state index in [0.29, 0.717) is 6.54 Å². The number of nitrogens with one attached hydrogen (secondary N) is 1. The summed E-state index contributed by atoms with van der Waals surface area (Å²) in [6.45, 7) is 0.668. The van der Waals surface area contributed by atoms with E-state index in [1.54, 1.807) is 26.6 Å². The molecule has 0 atom stereocenters. The summed E-state index contributed by atoms with van der Waals surface area (Å²) < 4.78 is 10.6. The van der Waals surface area contributed by atoms with Crippen molar-refractivity contribution in [2.45, 2.75) is 6.54 Å². The van der Waals surface area contributed by atoms with E-state index in [1.807, 2.05) is 42.7 Å². The van der Waals surface area contributed by atoms with Gasteiger partial charge in [0, 0.05) is 36.9 Å². The lowest BCUT2D eigenvalue weighted by atomic mass is 10.1. The maximum Gasteiger partial charge on any atom is 0.161 e. The van der Waals surface area contributed by atoms with E-state index >= 15 is 0 Å². The van der Waals surface area contributed by atoms with Crippen LogP contribution in [0.1, 0.15) is 5.56 Å². The molecule has 0 aliphatic rings. The average molecular weight is 321 g/mol. The van der Waals surface area contributed by atoms with Gasteiger partial charge in [0.25, 0.3) is 0 Å². The van der Waals surface area contributed by atoms with Gasteiger partial charge >= 0.3 is 0 Å². The molecule has 0 fully saturated rings. The molecule has 3 aromatic rings. The van der Waals surface area contributed by atoms with Crippen LogP contribution < -0.4 is 14.8 Å². The topological polar surface area (TPSA) is 56.3 Å². The fourth-order valence-electron chi connectivity index (χ4n) is 2.43. The van der Waals surface area contributed by atoms with E-state index in [2.05, 4.69) is 21.4 Å². The van der Waals surface area contributed by atoms with Crippen molar-refractivity contribution in [3.8, 4) is 22.6 Å². The van der Waals surface area contributed by atoms with Crippen molar-refractivity contribution in [2.75, 3.05) is 19.5 Å². The summed E-state index contributed by atoms with van der Waals surface area (Å²) in [5.74, 6) is 1.45. The van der Waals surface area contributed by atoms with Gasteiger partial charge < -0.3 is 14.8 Å². The fraction of sp³-hybridized carbons (Fsp3) is 0.158. The molecule has 2 aromatic heterocycles. The normalized spacial score (nSPS) is 10.2. The number of benzene rings is 1. The van der Waals surface area contributed by atoms with Crippen LogP contribution in [0.15, 0.2) is 61.2 Å². The van der Waals surface area contributed by atoms with Crippen LogP contribution in [0.5, 0.6) is 11.5 Å². The zero-order valence-electron chi connectivity index (χ0n) is 13.7. The number of pyridine rings is 2. The number of ether oxygens (including phenoxy) is 2.